The minimum atomic E-state index is -0.141. The van der Waals surface area contributed by atoms with E-state index in [4.69, 9.17) is 11.6 Å². The Morgan fingerprint density at radius 2 is 2.21 bits per heavy atom. The van der Waals surface area contributed by atoms with Crippen molar-refractivity contribution in [3.63, 3.8) is 0 Å². The van der Waals surface area contributed by atoms with Gasteiger partial charge in [0.05, 0.1) is 0 Å². The maximum absolute atomic E-state index is 12.2. The van der Waals surface area contributed by atoms with Crippen LogP contribution < -0.4 is 5.32 Å². The largest absolute Gasteiger partial charge is 0.396 e. The standard InChI is InChI=1S/C14H19ClN2O2/c1-9-6-11(7-13(15)16-9)14(19)17-12-5-3-2-4-10(12)8-18/h6-7,10,12,18H,2-5,8H2,1H3,(H,17,19). The van der Waals surface area contributed by atoms with Crippen LogP contribution in [0.5, 0.6) is 0 Å². The van der Waals surface area contributed by atoms with Gasteiger partial charge in [0.15, 0.2) is 0 Å². The summed E-state index contributed by atoms with van der Waals surface area (Å²) in [5.41, 5.74) is 1.25. The summed E-state index contributed by atoms with van der Waals surface area (Å²) in [5.74, 6) is 0.0221. The Hall–Kier alpha value is -1.13. The molecule has 2 N–H and O–H groups in total. The number of aliphatic hydroxyl groups excluding tert-OH is 1. The maximum Gasteiger partial charge on any atom is 0.251 e. The van der Waals surface area contributed by atoms with E-state index in [9.17, 15) is 9.90 Å². The van der Waals surface area contributed by atoms with Gasteiger partial charge in [0.2, 0.25) is 0 Å². The first kappa shape index (κ1) is 14.3. The Kier molecular flexibility index (Phi) is 4.77. The molecule has 1 fully saturated rings. The molecule has 1 amide bonds. The van der Waals surface area contributed by atoms with Crippen LogP contribution in [-0.4, -0.2) is 28.6 Å². The molecule has 2 unspecified atom stereocenters. The number of nitrogens with zero attached hydrogens (tertiary/aromatic N) is 1. The van der Waals surface area contributed by atoms with Crippen LogP contribution in [0.25, 0.3) is 0 Å². The number of aromatic nitrogens is 1. The molecule has 1 aliphatic carbocycles. The molecular weight excluding hydrogens is 264 g/mol. The molecule has 1 aromatic heterocycles. The Balaban J connectivity index is 2.07. The smallest absolute Gasteiger partial charge is 0.251 e. The molecule has 104 valence electrons. The third-order valence-electron chi connectivity index (χ3n) is 3.64. The molecule has 0 aliphatic heterocycles. The molecule has 0 spiro atoms. The third-order valence-corrected chi connectivity index (χ3v) is 3.84. The van der Waals surface area contributed by atoms with Gasteiger partial charge in [-0.15, -0.1) is 0 Å². The normalized spacial score (nSPS) is 23.1. The van der Waals surface area contributed by atoms with Crippen LogP contribution in [0.3, 0.4) is 0 Å². The van der Waals surface area contributed by atoms with Gasteiger partial charge in [-0.25, -0.2) is 4.98 Å². The molecule has 5 heteroatoms. The number of carbonyl (C=O) groups excluding carboxylic acids is 1. The van der Waals surface area contributed by atoms with Crippen molar-refractivity contribution in [2.45, 2.75) is 38.6 Å². The third kappa shape index (κ3) is 3.67. The van der Waals surface area contributed by atoms with E-state index in [0.29, 0.717) is 10.7 Å². The molecule has 1 aliphatic rings. The van der Waals surface area contributed by atoms with Crippen molar-refractivity contribution in [3.05, 3.63) is 28.5 Å². The van der Waals surface area contributed by atoms with Gasteiger partial charge in [-0.05, 0) is 31.9 Å². The van der Waals surface area contributed by atoms with Crippen molar-refractivity contribution in [2.75, 3.05) is 6.61 Å². The zero-order chi connectivity index (χ0) is 13.8. The highest BCUT2D eigenvalue weighted by atomic mass is 35.5. The van der Waals surface area contributed by atoms with Crippen LogP contribution >= 0.6 is 11.6 Å². The first-order chi connectivity index (χ1) is 9.10. The first-order valence-electron chi connectivity index (χ1n) is 6.66. The predicted octanol–water partition coefficient (Wildman–Crippen LogP) is 2.32. The van der Waals surface area contributed by atoms with Crippen LogP contribution in [0.4, 0.5) is 0 Å². The van der Waals surface area contributed by atoms with E-state index in [1.165, 1.54) is 0 Å². The highest BCUT2D eigenvalue weighted by Crippen LogP contribution is 2.24. The lowest BCUT2D eigenvalue weighted by Crippen LogP contribution is -2.43. The fourth-order valence-corrected chi connectivity index (χ4v) is 2.88. The Bertz CT molecular complexity index is 445. The minimum Gasteiger partial charge on any atom is -0.396 e. The molecule has 1 aromatic rings. The molecular formula is C14H19ClN2O2. The monoisotopic (exact) mass is 282 g/mol. The van der Waals surface area contributed by atoms with E-state index in [1.54, 1.807) is 19.1 Å². The fourth-order valence-electron chi connectivity index (χ4n) is 2.63. The lowest BCUT2D eigenvalue weighted by molar-refractivity contribution is 0.0872. The first-order valence-corrected chi connectivity index (χ1v) is 7.04. The fraction of sp³-hybridized carbons (Fsp3) is 0.571. The summed E-state index contributed by atoms with van der Waals surface area (Å²) in [5, 5.41) is 12.7. The van der Waals surface area contributed by atoms with Crippen molar-refractivity contribution in [1.29, 1.82) is 0 Å². The van der Waals surface area contributed by atoms with Crippen molar-refractivity contribution < 1.29 is 9.90 Å². The quantitative estimate of drug-likeness (QED) is 0.837. The number of hydrogen-bond donors (Lipinski definition) is 2. The summed E-state index contributed by atoms with van der Waals surface area (Å²) in [4.78, 5) is 16.2. The van der Waals surface area contributed by atoms with E-state index in [2.05, 4.69) is 10.3 Å². The number of halogens is 1. The summed E-state index contributed by atoms with van der Waals surface area (Å²) in [6.45, 7) is 1.93. The SMILES string of the molecule is Cc1cc(C(=O)NC2CCCCC2CO)cc(Cl)n1. The van der Waals surface area contributed by atoms with Crippen LogP contribution in [-0.2, 0) is 0 Å². The van der Waals surface area contributed by atoms with Gasteiger partial charge in [-0.3, -0.25) is 4.79 Å². The predicted molar refractivity (Wildman–Crippen MR) is 74.3 cm³/mol. The number of pyridine rings is 1. The molecule has 2 atom stereocenters. The second-order valence-corrected chi connectivity index (χ2v) is 5.51. The number of aryl methyl sites for hydroxylation is 1. The molecule has 4 nitrogen and oxygen atoms in total. The van der Waals surface area contributed by atoms with E-state index in [0.717, 1.165) is 31.4 Å². The van der Waals surface area contributed by atoms with Crippen molar-refractivity contribution in [3.8, 4) is 0 Å². The van der Waals surface area contributed by atoms with Crippen LogP contribution in [0.1, 0.15) is 41.7 Å². The van der Waals surface area contributed by atoms with Crippen molar-refractivity contribution >= 4 is 17.5 Å². The van der Waals surface area contributed by atoms with Gasteiger partial charge in [0.1, 0.15) is 5.15 Å². The number of amides is 1. The van der Waals surface area contributed by atoms with Gasteiger partial charge in [0, 0.05) is 29.8 Å². The van der Waals surface area contributed by atoms with Gasteiger partial charge in [-0.1, -0.05) is 24.4 Å². The summed E-state index contributed by atoms with van der Waals surface area (Å²) in [6, 6.07) is 3.34. The van der Waals surface area contributed by atoms with Gasteiger partial charge >= 0.3 is 0 Å². The summed E-state index contributed by atoms with van der Waals surface area (Å²) >= 11 is 5.86. The average Bonchev–Trinajstić information content (AvgIpc) is 2.38. The number of hydrogen-bond acceptors (Lipinski definition) is 3. The summed E-state index contributed by atoms with van der Waals surface area (Å²) in [7, 11) is 0. The molecule has 19 heavy (non-hydrogen) atoms. The van der Waals surface area contributed by atoms with E-state index >= 15 is 0 Å². The Morgan fingerprint density at radius 3 is 2.89 bits per heavy atom. The maximum atomic E-state index is 12.2. The molecule has 2 rings (SSSR count). The Morgan fingerprint density at radius 1 is 1.47 bits per heavy atom. The van der Waals surface area contributed by atoms with Gasteiger partial charge in [0.25, 0.3) is 5.91 Å². The molecule has 1 heterocycles. The minimum absolute atomic E-state index is 0.0542. The van der Waals surface area contributed by atoms with E-state index in [1.807, 2.05) is 0 Å². The molecule has 0 bridgehead atoms. The van der Waals surface area contributed by atoms with Crippen molar-refractivity contribution in [2.24, 2.45) is 5.92 Å². The molecule has 0 saturated heterocycles. The molecule has 0 aromatic carbocycles. The number of nitrogens with one attached hydrogen (secondary N) is 1. The van der Waals surface area contributed by atoms with Crippen molar-refractivity contribution in [1.82, 2.24) is 10.3 Å². The highest BCUT2D eigenvalue weighted by molar-refractivity contribution is 6.29. The van der Waals surface area contributed by atoms with E-state index < -0.39 is 0 Å². The lowest BCUT2D eigenvalue weighted by Gasteiger charge is -2.30. The Labute approximate surface area is 118 Å². The highest BCUT2D eigenvalue weighted by Gasteiger charge is 2.26. The number of carbonyl (C=O) groups is 1. The van der Waals surface area contributed by atoms with Gasteiger partial charge in [-0.2, -0.15) is 0 Å². The van der Waals surface area contributed by atoms with Crippen LogP contribution in [0.15, 0.2) is 12.1 Å². The zero-order valence-corrected chi connectivity index (χ0v) is 11.8. The second-order valence-electron chi connectivity index (χ2n) is 5.13. The summed E-state index contributed by atoms with van der Waals surface area (Å²) in [6.07, 6.45) is 4.11. The lowest BCUT2D eigenvalue weighted by atomic mass is 9.85. The van der Waals surface area contributed by atoms with Crippen LogP contribution in [0.2, 0.25) is 5.15 Å². The van der Waals surface area contributed by atoms with Gasteiger partial charge < -0.3 is 10.4 Å². The molecule has 0 radical (unpaired) electrons. The summed E-state index contributed by atoms with van der Waals surface area (Å²) < 4.78 is 0. The average molecular weight is 283 g/mol. The number of rotatable bonds is 3. The second kappa shape index (κ2) is 6.35. The number of aliphatic hydroxyl groups is 1. The topological polar surface area (TPSA) is 62.2 Å². The molecule has 1 saturated carbocycles. The van der Waals surface area contributed by atoms with E-state index in [-0.39, 0.29) is 24.5 Å². The van der Waals surface area contributed by atoms with Crippen LogP contribution in [0, 0.1) is 12.8 Å². The zero-order valence-electron chi connectivity index (χ0n) is 11.0.